The van der Waals surface area contributed by atoms with Crippen LogP contribution in [0.25, 0.3) is 68.0 Å². The Balaban J connectivity index is 1.44. The molecule has 0 atom stereocenters. The standard InChI is InChI=1S/C38H27N3O/c1-3-10-30(29-12-5-4-11-25(29)2)28-23-33(37(40-24-28)32-21-22-39-34-14-7-6-13-31(32)34)26-17-19-27(20-18-26)38-41-35-15-8-9-16-36(35)42-38/h3-24H,2H2,1H3/b10-3-,30-29+. The van der Waals surface area contributed by atoms with Crippen LogP contribution in [0.1, 0.15) is 12.5 Å². The number of allylic oxidation sites excluding steroid dienone is 2. The van der Waals surface area contributed by atoms with Crippen LogP contribution in [0.2, 0.25) is 0 Å². The average molecular weight is 542 g/mol. The van der Waals surface area contributed by atoms with Gasteiger partial charge in [-0.3, -0.25) is 9.97 Å². The summed E-state index contributed by atoms with van der Waals surface area (Å²) in [5.74, 6) is 0.603. The van der Waals surface area contributed by atoms with Gasteiger partial charge in [0.25, 0.3) is 0 Å². The van der Waals surface area contributed by atoms with Gasteiger partial charge in [0.05, 0.1) is 11.2 Å². The van der Waals surface area contributed by atoms with E-state index in [4.69, 9.17) is 9.40 Å². The predicted octanol–water partition coefficient (Wildman–Crippen LogP) is 7.96. The molecule has 0 unspecified atom stereocenters. The van der Waals surface area contributed by atoms with E-state index in [1.54, 1.807) is 0 Å². The van der Waals surface area contributed by atoms with Crippen LogP contribution in [0.5, 0.6) is 0 Å². The van der Waals surface area contributed by atoms with Crippen LogP contribution in [0.4, 0.5) is 0 Å². The van der Waals surface area contributed by atoms with Crippen molar-refractivity contribution in [2.75, 3.05) is 0 Å². The molecule has 7 aromatic rings. The van der Waals surface area contributed by atoms with E-state index in [1.165, 1.54) is 0 Å². The number of fused-ring (bicyclic) bond motifs is 2. The zero-order valence-corrected chi connectivity index (χ0v) is 23.2. The van der Waals surface area contributed by atoms with Crippen molar-refractivity contribution in [1.82, 2.24) is 15.0 Å². The maximum Gasteiger partial charge on any atom is 0.227 e. The van der Waals surface area contributed by atoms with E-state index in [0.717, 1.165) is 71.5 Å². The number of aromatic nitrogens is 3. The normalized spacial score (nSPS) is 12.3. The summed E-state index contributed by atoms with van der Waals surface area (Å²) in [6.07, 6.45) is 8.00. The Morgan fingerprint density at radius 1 is 0.738 bits per heavy atom. The Morgan fingerprint density at radius 3 is 2.29 bits per heavy atom. The molecular formula is C38H27N3O. The second-order valence-corrected chi connectivity index (χ2v) is 10.1. The van der Waals surface area contributed by atoms with Crippen molar-refractivity contribution in [2.45, 2.75) is 6.92 Å². The first-order chi connectivity index (χ1) is 20.7. The highest BCUT2D eigenvalue weighted by Crippen LogP contribution is 2.36. The van der Waals surface area contributed by atoms with Crippen molar-refractivity contribution in [3.63, 3.8) is 0 Å². The second kappa shape index (κ2) is 10.8. The summed E-state index contributed by atoms with van der Waals surface area (Å²) in [7, 11) is 0. The summed E-state index contributed by atoms with van der Waals surface area (Å²) in [5, 5.41) is 3.11. The first kappa shape index (κ1) is 25.4. The summed E-state index contributed by atoms with van der Waals surface area (Å²) in [6.45, 7) is 6.32. The third-order valence-corrected chi connectivity index (χ3v) is 7.48. The smallest absolute Gasteiger partial charge is 0.227 e. The van der Waals surface area contributed by atoms with Crippen molar-refractivity contribution in [2.24, 2.45) is 0 Å². The molecule has 0 aliphatic carbocycles. The minimum atomic E-state index is 0.603. The monoisotopic (exact) mass is 541 g/mol. The van der Waals surface area contributed by atoms with Crippen LogP contribution in [0.15, 0.2) is 138 Å². The predicted molar refractivity (Wildman–Crippen MR) is 172 cm³/mol. The lowest BCUT2D eigenvalue weighted by atomic mass is 9.93. The molecule has 0 N–H and O–H groups in total. The molecule has 0 fully saturated rings. The van der Waals surface area contributed by atoms with E-state index >= 15 is 0 Å². The zero-order valence-electron chi connectivity index (χ0n) is 23.2. The Labute approximate surface area is 243 Å². The summed E-state index contributed by atoms with van der Waals surface area (Å²) >= 11 is 0. The van der Waals surface area contributed by atoms with Gasteiger partial charge in [0, 0.05) is 40.0 Å². The van der Waals surface area contributed by atoms with E-state index in [-0.39, 0.29) is 0 Å². The van der Waals surface area contributed by atoms with Crippen molar-refractivity contribution in [3.05, 3.63) is 150 Å². The molecule has 0 radical (unpaired) electrons. The molecule has 0 spiro atoms. The van der Waals surface area contributed by atoms with Gasteiger partial charge in [-0.05, 0) is 71.0 Å². The van der Waals surface area contributed by atoms with Crippen LogP contribution >= 0.6 is 0 Å². The van der Waals surface area contributed by atoms with Crippen LogP contribution in [-0.4, -0.2) is 15.0 Å². The Kier molecular flexibility index (Phi) is 6.49. The number of benzene rings is 4. The molecule has 0 bridgehead atoms. The summed E-state index contributed by atoms with van der Waals surface area (Å²) in [5.41, 5.74) is 9.57. The largest absolute Gasteiger partial charge is 0.436 e. The zero-order chi connectivity index (χ0) is 28.5. The lowest BCUT2D eigenvalue weighted by molar-refractivity contribution is 0.620. The topological polar surface area (TPSA) is 51.8 Å². The van der Waals surface area contributed by atoms with Crippen molar-refractivity contribution >= 4 is 34.2 Å². The number of oxazole rings is 1. The number of hydrogen-bond donors (Lipinski definition) is 0. The quantitative estimate of drug-likeness (QED) is 0.222. The van der Waals surface area contributed by atoms with Gasteiger partial charge in [-0.15, -0.1) is 0 Å². The molecule has 0 aliphatic rings. The number of nitrogens with zero attached hydrogens (tertiary/aromatic N) is 3. The SMILES string of the molecule is C=c1cccc/c1=C(/C=C\C)c1cnc(-c2ccnc3ccccc23)c(-c2ccc(-c3nc4ccccc4o3)cc2)c1. The Morgan fingerprint density at radius 2 is 1.48 bits per heavy atom. The maximum absolute atomic E-state index is 6.03. The minimum absolute atomic E-state index is 0.603. The van der Waals surface area contributed by atoms with Gasteiger partial charge in [-0.25, -0.2) is 4.98 Å². The molecule has 42 heavy (non-hydrogen) atoms. The Hall–Kier alpha value is -5.61. The number of hydrogen-bond acceptors (Lipinski definition) is 4. The van der Waals surface area contributed by atoms with E-state index in [1.807, 2.05) is 86.0 Å². The third kappa shape index (κ3) is 4.59. The molecule has 3 heterocycles. The highest BCUT2D eigenvalue weighted by Gasteiger charge is 2.16. The second-order valence-electron chi connectivity index (χ2n) is 10.1. The van der Waals surface area contributed by atoms with Crippen LogP contribution in [-0.2, 0) is 0 Å². The summed E-state index contributed by atoms with van der Waals surface area (Å²) in [6, 6.07) is 36.8. The Bertz CT molecular complexity index is 2190. The van der Waals surface area contributed by atoms with E-state index < -0.39 is 0 Å². The molecule has 3 aromatic heterocycles. The molecule has 0 aliphatic heterocycles. The van der Waals surface area contributed by atoms with Crippen LogP contribution < -0.4 is 10.4 Å². The van der Waals surface area contributed by atoms with Crippen LogP contribution in [0, 0.1) is 0 Å². The van der Waals surface area contributed by atoms with Crippen LogP contribution in [0.3, 0.4) is 0 Å². The fourth-order valence-electron chi connectivity index (χ4n) is 5.43. The summed E-state index contributed by atoms with van der Waals surface area (Å²) < 4.78 is 6.03. The van der Waals surface area contributed by atoms with Crippen molar-refractivity contribution < 1.29 is 4.42 Å². The van der Waals surface area contributed by atoms with E-state index in [0.29, 0.717) is 5.89 Å². The molecule has 7 rings (SSSR count). The molecular weight excluding hydrogens is 514 g/mol. The van der Waals surface area contributed by atoms with E-state index in [9.17, 15) is 0 Å². The maximum atomic E-state index is 6.03. The molecule has 4 aromatic carbocycles. The van der Waals surface area contributed by atoms with E-state index in [2.05, 4.69) is 71.2 Å². The van der Waals surface area contributed by atoms with Gasteiger partial charge in [0.1, 0.15) is 5.52 Å². The van der Waals surface area contributed by atoms with Gasteiger partial charge in [-0.2, -0.15) is 0 Å². The van der Waals surface area contributed by atoms with Gasteiger partial charge < -0.3 is 4.42 Å². The molecule has 0 saturated carbocycles. The molecule has 200 valence electrons. The van der Waals surface area contributed by atoms with Gasteiger partial charge in [0.2, 0.25) is 5.89 Å². The first-order valence-corrected chi connectivity index (χ1v) is 13.9. The lowest BCUT2D eigenvalue weighted by Crippen LogP contribution is -2.25. The van der Waals surface area contributed by atoms with Crippen molar-refractivity contribution in [1.29, 1.82) is 0 Å². The highest BCUT2D eigenvalue weighted by atomic mass is 16.3. The highest BCUT2D eigenvalue weighted by molar-refractivity contribution is 5.98. The molecule has 0 saturated heterocycles. The third-order valence-electron chi connectivity index (χ3n) is 7.48. The fourth-order valence-corrected chi connectivity index (χ4v) is 5.43. The molecule has 4 nitrogen and oxygen atoms in total. The number of pyridine rings is 2. The number of para-hydroxylation sites is 3. The fraction of sp³-hybridized carbons (Fsp3) is 0.0263. The molecule has 0 amide bonds. The molecule has 4 heteroatoms. The number of rotatable bonds is 5. The minimum Gasteiger partial charge on any atom is -0.436 e. The first-order valence-electron chi connectivity index (χ1n) is 13.9. The van der Waals surface area contributed by atoms with Gasteiger partial charge in [0.15, 0.2) is 5.58 Å². The summed E-state index contributed by atoms with van der Waals surface area (Å²) in [4.78, 5) is 14.4. The van der Waals surface area contributed by atoms with Crippen molar-refractivity contribution in [3.8, 4) is 33.8 Å². The van der Waals surface area contributed by atoms with Gasteiger partial charge in [-0.1, -0.05) is 85.5 Å². The lowest BCUT2D eigenvalue weighted by Gasteiger charge is -2.14. The average Bonchev–Trinajstić information content (AvgIpc) is 3.48. The van der Waals surface area contributed by atoms with Gasteiger partial charge >= 0.3 is 0 Å².